The molecular formula is C24H22Cl3N3O5. The number of amides is 1. The van der Waals surface area contributed by atoms with Crippen LogP contribution in [0.1, 0.15) is 50.4 Å². The van der Waals surface area contributed by atoms with Gasteiger partial charge in [-0.25, -0.2) is 4.79 Å². The first-order chi connectivity index (χ1) is 16.3. The van der Waals surface area contributed by atoms with Crippen LogP contribution < -0.4 is 5.32 Å². The van der Waals surface area contributed by atoms with E-state index in [1.165, 1.54) is 12.1 Å². The summed E-state index contributed by atoms with van der Waals surface area (Å²) in [6.07, 6.45) is 1.55. The smallest absolute Gasteiger partial charge is 0.323 e. The highest BCUT2D eigenvalue weighted by Crippen LogP contribution is 2.71. The Labute approximate surface area is 216 Å². The summed E-state index contributed by atoms with van der Waals surface area (Å²) in [5, 5.41) is 18.7. The Balaban J connectivity index is 1.61. The van der Waals surface area contributed by atoms with E-state index in [9.17, 15) is 19.7 Å². The van der Waals surface area contributed by atoms with Crippen molar-refractivity contribution in [3.8, 4) is 0 Å². The molecule has 8 nitrogen and oxygen atoms in total. The van der Waals surface area contributed by atoms with Gasteiger partial charge in [-0.3, -0.25) is 14.9 Å². The molecule has 0 heterocycles. The van der Waals surface area contributed by atoms with Crippen molar-refractivity contribution in [2.75, 3.05) is 5.32 Å². The number of halogens is 3. The zero-order valence-electron chi connectivity index (χ0n) is 19.2. The van der Waals surface area contributed by atoms with E-state index in [1.54, 1.807) is 18.2 Å². The SMILES string of the molecule is CC12CCC(C(=O)Nc3c(Cl)cccc3Cl)(C/C1=N\OC(=O)c1ccc(Cl)c([N+](=O)[O-])c1)C2(C)C. The van der Waals surface area contributed by atoms with Crippen LogP contribution in [-0.2, 0) is 9.63 Å². The number of nitrogens with one attached hydrogen (secondary N) is 1. The van der Waals surface area contributed by atoms with Crippen LogP contribution in [0.15, 0.2) is 41.6 Å². The van der Waals surface area contributed by atoms with Gasteiger partial charge in [0, 0.05) is 17.9 Å². The number of carbonyl (C=O) groups excluding carboxylic acids is 2. The van der Waals surface area contributed by atoms with E-state index in [1.807, 2.05) is 20.8 Å². The maximum atomic E-state index is 13.6. The fraction of sp³-hybridized carbons (Fsp3) is 0.375. The van der Waals surface area contributed by atoms with Gasteiger partial charge in [0.25, 0.3) is 5.69 Å². The lowest BCUT2D eigenvalue weighted by molar-refractivity contribution is -0.384. The first-order valence-electron chi connectivity index (χ1n) is 10.8. The molecule has 1 N–H and O–H groups in total. The number of oxime groups is 1. The molecule has 2 aromatic carbocycles. The number of hydrogen-bond acceptors (Lipinski definition) is 6. The molecule has 0 aromatic heterocycles. The number of hydrogen-bond donors (Lipinski definition) is 1. The molecule has 2 saturated carbocycles. The Kier molecular flexibility index (Phi) is 6.36. The summed E-state index contributed by atoms with van der Waals surface area (Å²) in [7, 11) is 0. The Morgan fingerprint density at radius 3 is 2.34 bits per heavy atom. The van der Waals surface area contributed by atoms with Gasteiger partial charge < -0.3 is 10.2 Å². The molecule has 2 aliphatic rings. The first kappa shape index (κ1) is 25.4. The Morgan fingerprint density at radius 1 is 1.06 bits per heavy atom. The summed E-state index contributed by atoms with van der Waals surface area (Å²) < 4.78 is 0. The van der Waals surface area contributed by atoms with Gasteiger partial charge in [0.2, 0.25) is 5.91 Å². The molecule has 35 heavy (non-hydrogen) atoms. The highest BCUT2D eigenvalue weighted by molar-refractivity contribution is 6.39. The lowest BCUT2D eigenvalue weighted by Crippen LogP contribution is -2.43. The van der Waals surface area contributed by atoms with E-state index < -0.39 is 32.8 Å². The van der Waals surface area contributed by atoms with Gasteiger partial charge in [0.05, 0.1) is 37.3 Å². The Bertz CT molecular complexity index is 1270. The van der Waals surface area contributed by atoms with E-state index in [2.05, 4.69) is 10.5 Å². The lowest BCUT2D eigenvalue weighted by atomic mass is 9.64. The van der Waals surface area contributed by atoms with Gasteiger partial charge >= 0.3 is 5.97 Å². The number of fused-ring (bicyclic) bond motifs is 2. The highest BCUT2D eigenvalue weighted by atomic mass is 35.5. The van der Waals surface area contributed by atoms with Crippen LogP contribution in [-0.4, -0.2) is 22.5 Å². The monoisotopic (exact) mass is 537 g/mol. The first-order valence-corrected chi connectivity index (χ1v) is 12.0. The number of para-hydroxylation sites is 1. The van der Waals surface area contributed by atoms with Gasteiger partial charge in [-0.2, -0.15) is 0 Å². The van der Waals surface area contributed by atoms with Gasteiger partial charge in [-0.1, -0.05) is 66.8 Å². The van der Waals surface area contributed by atoms with Crippen LogP contribution in [0.2, 0.25) is 15.1 Å². The molecule has 2 atom stereocenters. The van der Waals surface area contributed by atoms with Crippen LogP contribution in [0.3, 0.4) is 0 Å². The molecular weight excluding hydrogens is 517 g/mol. The Morgan fingerprint density at radius 2 is 1.71 bits per heavy atom. The molecule has 2 bridgehead atoms. The van der Waals surface area contributed by atoms with Crippen LogP contribution >= 0.6 is 34.8 Å². The predicted molar refractivity (Wildman–Crippen MR) is 134 cm³/mol. The third-order valence-electron chi connectivity index (χ3n) is 7.99. The standard InChI is InChI=1S/C24H22Cl3N3O5/c1-22(2)23(3)9-10-24(22,21(32)28-19-15(26)5-4-6-16(19)27)12-18(23)29-35-20(31)13-7-8-14(25)17(11-13)30(33)34/h4-8,11H,9-10,12H2,1-3H3,(H,28,32)/b29-18+. The highest BCUT2D eigenvalue weighted by Gasteiger charge is 2.71. The van der Waals surface area contributed by atoms with Crippen molar-refractivity contribution in [1.82, 2.24) is 0 Å². The van der Waals surface area contributed by atoms with Gasteiger partial charge in [-0.05, 0) is 42.5 Å². The van der Waals surface area contributed by atoms with Gasteiger partial charge in [0.1, 0.15) is 5.02 Å². The van der Waals surface area contributed by atoms with E-state index in [4.69, 9.17) is 39.6 Å². The average molecular weight is 539 g/mol. The largest absolute Gasteiger partial charge is 0.365 e. The minimum Gasteiger partial charge on any atom is -0.323 e. The summed E-state index contributed by atoms with van der Waals surface area (Å²) in [4.78, 5) is 41.8. The minimum atomic E-state index is -0.859. The number of nitrogens with zero attached hydrogens (tertiary/aromatic N) is 2. The number of rotatable bonds is 5. The van der Waals surface area contributed by atoms with Crippen molar-refractivity contribution < 1.29 is 19.3 Å². The molecule has 2 unspecified atom stereocenters. The third-order valence-corrected chi connectivity index (χ3v) is 8.94. The number of benzene rings is 2. The molecule has 184 valence electrons. The molecule has 0 radical (unpaired) electrons. The van der Waals surface area contributed by atoms with Crippen molar-refractivity contribution in [2.45, 2.75) is 40.0 Å². The molecule has 1 amide bonds. The van der Waals surface area contributed by atoms with Crippen molar-refractivity contribution in [1.29, 1.82) is 0 Å². The number of anilines is 1. The maximum Gasteiger partial charge on any atom is 0.365 e. The van der Waals surface area contributed by atoms with Crippen molar-refractivity contribution >= 4 is 63.8 Å². The average Bonchev–Trinajstić information content (AvgIpc) is 3.10. The summed E-state index contributed by atoms with van der Waals surface area (Å²) in [6.45, 7) is 6.00. The van der Waals surface area contributed by atoms with Crippen LogP contribution in [0.5, 0.6) is 0 Å². The topological polar surface area (TPSA) is 111 Å². The summed E-state index contributed by atoms with van der Waals surface area (Å²) in [5.74, 6) is -1.09. The molecule has 2 aliphatic carbocycles. The van der Waals surface area contributed by atoms with Gasteiger partial charge in [-0.15, -0.1) is 0 Å². The molecule has 0 aliphatic heterocycles. The normalized spacial score (nSPS) is 25.5. The van der Waals surface area contributed by atoms with Crippen LogP contribution in [0, 0.1) is 26.4 Å². The fourth-order valence-electron chi connectivity index (χ4n) is 5.30. The van der Waals surface area contributed by atoms with Crippen LogP contribution in [0.4, 0.5) is 11.4 Å². The summed E-state index contributed by atoms with van der Waals surface area (Å²) in [5.41, 5.74) is -1.40. The molecule has 0 saturated heterocycles. The van der Waals surface area contributed by atoms with Crippen LogP contribution in [0.25, 0.3) is 0 Å². The van der Waals surface area contributed by atoms with Crippen molar-refractivity contribution in [3.63, 3.8) is 0 Å². The Hall–Kier alpha value is -2.68. The number of nitro benzene ring substituents is 1. The fourth-order valence-corrected chi connectivity index (χ4v) is 5.98. The quantitative estimate of drug-likeness (QED) is 0.252. The second-order valence-corrected chi connectivity index (χ2v) is 10.8. The predicted octanol–water partition coefficient (Wildman–Crippen LogP) is 6.92. The number of nitro groups is 1. The van der Waals surface area contributed by atoms with E-state index in [-0.39, 0.29) is 22.9 Å². The number of carbonyl (C=O) groups is 2. The maximum absolute atomic E-state index is 13.6. The molecule has 0 spiro atoms. The zero-order chi connectivity index (χ0) is 25.8. The summed E-state index contributed by atoms with van der Waals surface area (Å²) in [6, 6.07) is 8.61. The second kappa shape index (κ2) is 8.76. The van der Waals surface area contributed by atoms with E-state index >= 15 is 0 Å². The lowest BCUT2D eigenvalue weighted by Gasteiger charge is -2.39. The van der Waals surface area contributed by atoms with E-state index in [0.29, 0.717) is 34.3 Å². The zero-order valence-corrected chi connectivity index (χ0v) is 21.4. The summed E-state index contributed by atoms with van der Waals surface area (Å²) >= 11 is 18.3. The molecule has 2 fully saturated rings. The van der Waals surface area contributed by atoms with E-state index in [0.717, 1.165) is 6.07 Å². The van der Waals surface area contributed by atoms with Crippen molar-refractivity contribution in [2.24, 2.45) is 21.4 Å². The third kappa shape index (κ3) is 3.88. The van der Waals surface area contributed by atoms with Gasteiger partial charge in [0.15, 0.2) is 0 Å². The van der Waals surface area contributed by atoms with Crippen molar-refractivity contribution in [3.05, 3.63) is 67.1 Å². The minimum absolute atomic E-state index is 0.0566. The molecule has 2 aromatic rings. The second-order valence-electron chi connectivity index (χ2n) is 9.61. The molecule has 11 heteroatoms. The molecule has 4 rings (SSSR count).